The first-order valence-corrected chi connectivity index (χ1v) is 24.0. The molecule has 0 radical (unpaired) electrons. The summed E-state index contributed by atoms with van der Waals surface area (Å²) in [6.45, 7) is 13.0. The van der Waals surface area contributed by atoms with Crippen LogP contribution in [-0.4, -0.2) is 115 Å². The van der Waals surface area contributed by atoms with Gasteiger partial charge in [0.15, 0.2) is 18.9 Å². The molecule has 0 bridgehead atoms. The van der Waals surface area contributed by atoms with Crippen molar-refractivity contribution < 1.29 is 76.7 Å². The number of rotatable bonds is 22. The van der Waals surface area contributed by atoms with Gasteiger partial charge in [-0.15, -0.1) is 0 Å². The second-order valence-electron chi connectivity index (χ2n) is 19.6. The van der Waals surface area contributed by atoms with Gasteiger partial charge in [0.1, 0.15) is 17.2 Å². The molecule has 2 aliphatic rings. The monoisotopic (exact) mass is 1050 g/mol. The molecule has 2 fully saturated rings. The second-order valence-corrected chi connectivity index (χ2v) is 19.6. The molecule has 2 saturated heterocycles. The first kappa shape index (κ1) is 60.3. The number of nitrogens with zero attached hydrogens (tertiary/aromatic N) is 5. The van der Waals surface area contributed by atoms with E-state index in [4.69, 9.17) is 33.2 Å². The fraction of sp³-hybridized carbons (Fsp3) is 0.529. The van der Waals surface area contributed by atoms with E-state index < -0.39 is 73.1 Å². The number of carbonyl (C=O) groups excluding carboxylic acids is 6. The Kier molecular flexibility index (Phi) is 20.7. The highest BCUT2D eigenvalue weighted by Crippen LogP contribution is 2.44. The highest BCUT2D eigenvalue weighted by molar-refractivity contribution is 5.86. The molecule has 0 saturated carbocycles. The Hall–Kier alpha value is -7.28. The summed E-state index contributed by atoms with van der Waals surface area (Å²) in [4.78, 5) is 112. The largest absolute Gasteiger partial charge is 0.426 e. The first-order chi connectivity index (χ1) is 35.1. The Labute approximate surface area is 433 Å². The number of benzene rings is 3. The van der Waals surface area contributed by atoms with Gasteiger partial charge in [-0.05, 0) is 89.3 Å². The molecule has 0 aliphatic carbocycles. The van der Waals surface area contributed by atoms with E-state index in [1.54, 1.807) is 69.7 Å². The van der Waals surface area contributed by atoms with E-state index in [1.165, 1.54) is 52.3 Å². The summed E-state index contributed by atoms with van der Waals surface area (Å²) in [6.07, 6.45) is -0.825. The van der Waals surface area contributed by atoms with Gasteiger partial charge < -0.3 is 43.0 Å². The molecule has 3 aromatic rings. The van der Waals surface area contributed by atoms with Crippen LogP contribution in [0.15, 0.2) is 54.6 Å². The highest BCUT2D eigenvalue weighted by atomic mass is 16.7. The number of nitro benzene ring substituents is 3. The molecule has 0 N–H and O–H groups in total. The maximum atomic E-state index is 14.0. The van der Waals surface area contributed by atoms with Crippen LogP contribution in [0.2, 0.25) is 0 Å². The predicted octanol–water partition coefficient (Wildman–Crippen LogP) is 7.88. The summed E-state index contributed by atoms with van der Waals surface area (Å²) in [5.41, 5.74) is -4.63. The van der Waals surface area contributed by atoms with E-state index in [9.17, 15) is 59.1 Å². The van der Waals surface area contributed by atoms with E-state index in [0.29, 0.717) is 26.1 Å². The van der Waals surface area contributed by atoms with Crippen molar-refractivity contribution in [1.82, 2.24) is 9.80 Å². The predicted molar refractivity (Wildman–Crippen MR) is 265 cm³/mol. The number of ether oxygens (including phenoxy) is 7. The van der Waals surface area contributed by atoms with Gasteiger partial charge >= 0.3 is 17.9 Å². The van der Waals surface area contributed by atoms with Crippen molar-refractivity contribution in [3.8, 4) is 17.2 Å². The van der Waals surface area contributed by atoms with Crippen LogP contribution in [0.3, 0.4) is 0 Å². The second kappa shape index (κ2) is 25.8. The van der Waals surface area contributed by atoms with Gasteiger partial charge in [-0.1, -0.05) is 27.7 Å². The SMILES string of the molecule is CCC(C)(CC(C)(CC(C)C(=O)N(C)C)C(=O)Oc1ccc([N+](=O)[O-])c(C2OCCO2)c1)C(=O)Oc1ccc([N+](=O)[O-])c(C=O)c1.CCC(C)(CC(C)C(=O)N(C)C)C(=O)Oc1ccc([N+](=O)[O-])c(C2OCCO2)c1. The fourth-order valence-electron chi connectivity index (χ4n) is 8.74. The van der Waals surface area contributed by atoms with Gasteiger partial charge in [-0.2, -0.15) is 0 Å². The van der Waals surface area contributed by atoms with E-state index in [-0.39, 0.29) is 102 Å². The number of nitro groups is 3. The molecule has 408 valence electrons. The molecule has 24 heteroatoms. The molecule has 5 rings (SSSR count). The lowest BCUT2D eigenvalue weighted by Gasteiger charge is -2.37. The highest BCUT2D eigenvalue weighted by Gasteiger charge is 2.48. The van der Waals surface area contributed by atoms with Crippen molar-refractivity contribution in [3.63, 3.8) is 0 Å². The van der Waals surface area contributed by atoms with Crippen LogP contribution in [-0.2, 0) is 42.9 Å². The maximum Gasteiger partial charge on any atom is 0.317 e. The zero-order chi connectivity index (χ0) is 56.2. The summed E-state index contributed by atoms with van der Waals surface area (Å²) >= 11 is 0. The molecule has 5 unspecified atom stereocenters. The van der Waals surface area contributed by atoms with Crippen LogP contribution in [0, 0.1) is 58.4 Å². The average molecular weight is 1050 g/mol. The minimum absolute atomic E-state index is 0.0319. The Bertz CT molecular complexity index is 2630. The van der Waals surface area contributed by atoms with Crippen LogP contribution in [0.1, 0.15) is 115 Å². The first-order valence-electron chi connectivity index (χ1n) is 24.0. The fourth-order valence-corrected chi connectivity index (χ4v) is 8.74. The van der Waals surface area contributed by atoms with Gasteiger partial charge in [-0.3, -0.25) is 59.1 Å². The minimum atomic E-state index is -1.47. The molecule has 3 aromatic carbocycles. The smallest absolute Gasteiger partial charge is 0.317 e. The molecule has 0 spiro atoms. The van der Waals surface area contributed by atoms with Crippen LogP contribution in [0.4, 0.5) is 17.1 Å². The van der Waals surface area contributed by atoms with Crippen LogP contribution < -0.4 is 14.2 Å². The van der Waals surface area contributed by atoms with Gasteiger partial charge in [0.25, 0.3) is 17.1 Å². The van der Waals surface area contributed by atoms with Crippen LogP contribution >= 0.6 is 0 Å². The summed E-state index contributed by atoms with van der Waals surface area (Å²) in [5, 5.41) is 34.2. The van der Waals surface area contributed by atoms with Crippen LogP contribution in [0.25, 0.3) is 0 Å². The van der Waals surface area contributed by atoms with Crippen molar-refractivity contribution in [2.24, 2.45) is 28.1 Å². The third kappa shape index (κ3) is 15.2. The number of esters is 3. The Morgan fingerprint density at radius 3 is 1.27 bits per heavy atom. The van der Waals surface area contributed by atoms with E-state index in [2.05, 4.69) is 0 Å². The molecule has 75 heavy (non-hydrogen) atoms. The molecular formula is C51H65N5O19. The Morgan fingerprint density at radius 1 is 0.587 bits per heavy atom. The molecule has 0 aromatic heterocycles. The zero-order valence-corrected chi connectivity index (χ0v) is 43.9. The standard InChI is InChI=1S/C31H37N3O12.C20H28N2O7/c1-7-30(3,28(37)45-21-8-10-24(33(39)40)20(14-21)17-35)18-31(4,16-19(2)26(36)32(5)6)29(38)46-22-9-11-25(34(41)42)23(15-22)27-43-12-13-44-27;1-6-20(3,12-13(2)17(23)21(4)5)19(24)29-14-7-8-16(22(25)26)15(11-14)18-27-9-10-28-18/h8-11,14-15,17,19,27H,7,12-13,16,18H2,1-6H3;7-8,11,13,18H,6,9-10,12H2,1-5H3. The van der Waals surface area contributed by atoms with Gasteiger partial charge in [0, 0.05) is 58.2 Å². The average Bonchev–Trinajstić information content (AvgIpc) is 4.12. The Morgan fingerprint density at radius 2 is 0.920 bits per heavy atom. The summed E-state index contributed by atoms with van der Waals surface area (Å²) in [6, 6.07) is 11.1. The van der Waals surface area contributed by atoms with Crippen molar-refractivity contribution >= 4 is 53.1 Å². The topological polar surface area (TPSA) is 303 Å². The number of amides is 2. The Balaban J connectivity index is 0.000000360. The lowest BCUT2D eigenvalue weighted by Crippen LogP contribution is -2.44. The summed E-state index contributed by atoms with van der Waals surface area (Å²) in [5.74, 6) is -3.40. The van der Waals surface area contributed by atoms with Crippen molar-refractivity contribution in [2.75, 3.05) is 54.6 Å². The minimum Gasteiger partial charge on any atom is -0.426 e. The normalized spacial score (nSPS) is 16.8. The van der Waals surface area contributed by atoms with Gasteiger partial charge in [0.05, 0.1) is 74.1 Å². The molecule has 2 heterocycles. The molecule has 2 amide bonds. The van der Waals surface area contributed by atoms with Gasteiger partial charge in [0.2, 0.25) is 11.8 Å². The summed E-state index contributed by atoms with van der Waals surface area (Å²) < 4.78 is 38.5. The maximum absolute atomic E-state index is 14.0. The van der Waals surface area contributed by atoms with Crippen molar-refractivity contribution in [2.45, 2.75) is 93.2 Å². The van der Waals surface area contributed by atoms with E-state index in [0.717, 1.165) is 12.1 Å². The summed E-state index contributed by atoms with van der Waals surface area (Å²) in [7, 11) is 6.49. The number of hydrogen-bond donors (Lipinski definition) is 0. The molecular weight excluding hydrogens is 987 g/mol. The number of aldehydes is 1. The molecule has 5 atom stereocenters. The van der Waals surface area contributed by atoms with Crippen molar-refractivity contribution in [3.05, 3.63) is 102 Å². The quantitative estimate of drug-likeness (QED) is 0.0304. The number of carbonyl (C=O) groups is 6. The lowest BCUT2D eigenvalue weighted by molar-refractivity contribution is -0.386. The molecule has 2 aliphatic heterocycles. The third-order valence-electron chi connectivity index (χ3n) is 13.2. The van der Waals surface area contributed by atoms with E-state index in [1.807, 2.05) is 6.92 Å². The lowest BCUT2D eigenvalue weighted by atomic mass is 9.68. The van der Waals surface area contributed by atoms with Gasteiger partial charge in [-0.25, -0.2) is 0 Å². The van der Waals surface area contributed by atoms with E-state index >= 15 is 0 Å². The third-order valence-corrected chi connectivity index (χ3v) is 13.2. The molecule has 24 nitrogen and oxygen atoms in total. The number of hydrogen-bond acceptors (Lipinski definition) is 19. The van der Waals surface area contributed by atoms with Crippen molar-refractivity contribution in [1.29, 1.82) is 0 Å². The zero-order valence-electron chi connectivity index (χ0n) is 43.9. The van der Waals surface area contributed by atoms with Crippen LogP contribution in [0.5, 0.6) is 17.2 Å².